The maximum Gasteiger partial charge on any atom is 0.251 e. The van der Waals surface area contributed by atoms with Gasteiger partial charge in [0.15, 0.2) is 0 Å². The van der Waals surface area contributed by atoms with Crippen LogP contribution in [-0.2, 0) is 11.2 Å². The normalized spacial score (nSPS) is 12.2. The van der Waals surface area contributed by atoms with Crippen molar-refractivity contribution in [2.75, 3.05) is 12.4 Å². The van der Waals surface area contributed by atoms with E-state index in [1.54, 1.807) is 31.4 Å². The van der Waals surface area contributed by atoms with Gasteiger partial charge < -0.3 is 15.4 Å². The Kier molecular flexibility index (Phi) is 7.21. The Labute approximate surface area is 167 Å². The van der Waals surface area contributed by atoms with Crippen LogP contribution >= 0.6 is 0 Å². The van der Waals surface area contributed by atoms with Crippen molar-refractivity contribution in [2.24, 2.45) is 5.41 Å². The summed E-state index contributed by atoms with van der Waals surface area (Å²) in [6, 6.07) is 15.0. The third-order valence-electron chi connectivity index (χ3n) is 4.47. The molecular weight excluding hydrogens is 352 g/mol. The van der Waals surface area contributed by atoms with Gasteiger partial charge in [0.2, 0.25) is 5.91 Å². The molecule has 2 amide bonds. The second kappa shape index (κ2) is 9.40. The molecule has 0 aliphatic rings. The molecule has 0 aromatic heterocycles. The summed E-state index contributed by atoms with van der Waals surface area (Å²) in [5, 5.41) is 5.88. The average Bonchev–Trinajstić information content (AvgIpc) is 2.66. The second-order valence-corrected chi connectivity index (χ2v) is 8.05. The lowest BCUT2D eigenvalue weighted by atomic mass is 9.95. The van der Waals surface area contributed by atoms with Gasteiger partial charge in [0, 0.05) is 22.7 Å². The molecule has 28 heavy (non-hydrogen) atoms. The molecule has 0 saturated heterocycles. The SMILES string of the molecule is COc1ccc(CCC(C)NC(=O)c2cccc(NC(=O)C(C)(C)C)c2)cc1. The van der Waals surface area contributed by atoms with Crippen molar-refractivity contribution in [3.05, 3.63) is 59.7 Å². The largest absolute Gasteiger partial charge is 0.497 e. The van der Waals surface area contributed by atoms with E-state index in [2.05, 4.69) is 10.6 Å². The van der Waals surface area contributed by atoms with Crippen LogP contribution in [0, 0.1) is 5.41 Å². The van der Waals surface area contributed by atoms with Gasteiger partial charge in [-0.05, 0) is 55.7 Å². The molecule has 1 atom stereocenters. The van der Waals surface area contributed by atoms with Gasteiger partial charge in [0.1, 0.15) is 5.75 Å². The predicted molar refractivity (Wildman–Crippen MR) is 113 cm³/mol. The lowest BCUT2D eigenvalue weighted by molar-refractivity contribution is -0.123. The number of benzene rings is 2. The number of carbonyl (C=O) groups is 2. The maximum absolute atomic E-state index is 12.5. The summed E-state index contributed by atoms with van der Waals surface area (Å²) in [6.07, 6.45) is 1.70. The molecule has 0 bridgehead atoms. The first-order valence-corrected chi connectivity index (χ1v) is 9.54. The van der Waals surface area contributed by atoms with Gasteiger partial charge in [-0.25, -0.2) is 0 Å². The molecule has 1 unspecified atom stereocenters. The Hall–Kier alpha value is -2.82. The molecule has 0 aliphatic heterocycles. The smallest absolute Gasteiger partial charge is 0.251 e. The molecule has 0 spiro atoms. The predicted octanol–water partition coefficient (Wildman–Crippen LogP) is 4.43. The summed E-state index contributed by atoms with van der Waals surface area (Å²) in [6.45, 7) is 7.54. The average molecular weight is 383 g/mol. The summed E-state index contributed by atoms with van der Waals surface area (Å²) in [5.74, 6) is 0.607. The van der Waals surface area contributed by atoms with E-state index < -0.39 is 5.41 Å². The number of carbonyl (C=O) groups excluding carboxylic acids is 2. The van der Waals surface area contributed by atoms with E-state index in [9.17, 15) is 9.59 Å². The van der Waals surface area contributed by atoms with Crippen LogP contribution in [0.5, 0.6) is 5.75 Å². The fourth-order valence-electron chi connectivity index (χ4n) is 2.61. The molecule has 2 aromatic carbocycles. The Morgan fingerprint density at radius 1 is 1.07 bits per heavy atom. The lowest BCUT2D eigenvalue weighted by Crippen LogP contribution is -2.33. The van der Waals surface area contributed by atoms with E-state index in [-0.39, 0.29) is 17.9 Å². The van der Waals surface area contributed by atoms with Gasteiger partial charge in [-0.2, -0.15) is 0 Å². The highest BCUT2D eigenvalue weighted by Gasteiger charge is 2.21. The standard InChI is InChI=1S/C23H30N2O3/c1-16(9-10-17-11-13-20(28-5)14-12-17)24-21(26)18-7-6-8-19(15-18)25-22(27)23(2,3)4/h6-8,11-16H,9-10H2,1-5H3,(H,24,26)(H,25,27). The van der Waals surface area contributed by atoms with Crippen LogP contribution in [0.1, 0.15) is 50.0 Å². The monoisotopic (exact) mass is 382 g/mol. The molecule has 0 heterocycles. The second-order valence-electron chi connectivity index (χ2n) is 8.05. The van der Waals surface area contributed by atoms with Crippen molar-refractivity contribution in [1.82, 2.24) is 5.32 Å². The van der Waals surface area contributed by atoms with Crippen molar-refractivity contribution in [3.8, 4) is 5.75 Å². The highest BCUT2D eigenvalue weighted by molar-refractivity contribution is 5.98. The number of hydrogen-bond acceptors (Lipinski definition) is 3. The van der Waals surface area contributed by atoms with Crippen molar-refractivity contribution in [3.63, 3.8) is 0 Å². The zero-order valence-electron chi connectivity index (χ0n) is 17.3. The highest BCUT2D eigenvalue weighted by atomic mass is 16.5. The first kappa shape index (κ1) is 21.5. The van der Waals surface area contributed by atoms with E-state index in [4.69, 9.17) is 4.74 Å². The third-order valence-corrected chi connectivity index (χ3v) is 4.47. The van der Waals surface area contributed by atoms with Crippen molar-refractivity contribution in [1.29, 1.82) is 0 Å². The summed E-state index contributed by atoms with van der Waals surface area (Å²) in [5.41, 5.74) is 1.86. The van der Waals surface area contributed by atoms with Gasteiger partial charge in [-0.1, -0.05) is 39.0 Å². The maximum atomic E-state index is 12.5. The van der Waals surface area contributed by atoms with Crippen LogP contribution in [0.15, 0.2) is 48.5 Å². The third kappa shape index (κ3) is 6.41. The number of ether oxygens (including phenoxy) is 1. The fourth-order valence-corrected chi connectivity index (χ4v) is 2.61. The minimum absolute atomic E-state index is 0.0300. The number of rotatable bonds is 7. The van der Waals surface area contributed by atoms with Crippen LogP contribution in [0.4, 0.5) is 5.69 Å². The lowest BCUT2D eigenvalue weighted by Gasteiger charge is -2.18. The van der Waals surface area contributed by atoms with Crippen molar-refractivity contribution in [2.45, 2.75) is 46.6 Å². The molecule has 2 rings (SSSR count). The molecule has 2 N–H and O–H groups in total. The molecule has 2 aromatic rings. The van der Waals surface area contributed by atoms with Crippen LogP contribution < -0.4 is 15.4 Å². The quantitative estimate of drug-likeness (QED) is 0.744. The van der Waals surface area contributed by atoms with Gasteiger partial charge in [0.25, 0.3) is 5.91 Å². The van der Waals surface area contributed by atoms with Gasteiger partial charge in [0.05, 0.1) is 7.11 Å². The summed E-state index contributed by atoms with van der Waals surface area (Å²) < 4.78 is 5.17. The van der Waals surface area contributed by atoms with Gasteiger partial charge in [-0.3, -0.25) is 9.59 Å². The Bertz CT molecular complexity index is 807. The van der Waals surface area contributed by atoms with E-state index in [1.807, 2.05) is 52.0 Å². The fraction of sp³-hybridized carbons (Fsp3) is 0.391. The topological polar surface area (TPSA) is 67.4 Å². The Morgan fingerprint density at radius 3 is 2.36 bits per heavy atom. The van der Waals surface area contributed by atoms with Gasteiger partial charge >= 0.3 is 0 Å². The summed E-state index contributed by atoms with van der Waals surface area (Å²) in [4.78, 5) is 24.7. The molecule has 0 aliphatic carbocycles. The van der Waals surface area contributed by atoms with Gasteiger partial charge in [-0.15, -0.1) is 0 Å². The molecule has 5 heteroatoms. The van der Waals surface area contributed by atoms with E-state index in [0.717, 1.165) is 18.6 Å². The number of anilines is 1. The van der Waals surface area contributed by atoms with Crippen LogP contribution in [0.2, 0.25) is 0 Å². The molecule has 0 fully saturated rings. The molecular formula is C23H30N2O3. The molecule has 150 valence electrons. The zero-order chi connectivity index (χ0) is 20.7. The summed E-state index contributed by atoms with van der Waals surface area (Å²) in [7, 11) is 1.65. The number of aryl methyl sites for hydroxylation is 1. The van der Waals surface area contributed by atoms with Crippen molar-refractivity contribution >= 4 is 17.5 Å². The first-order valence-electron chi connectivity index (χ1n) is 9.54. The first-order chi connectivity index (χ1) is 13.2. The van der Waals surface area contributed by atoms with E-state index >= 15 is 0 Å². The van der Waals surface area contributed by atoms with Crippen molar-refractivity contribution < 1.29 is 14.3 Å². The highest BCUT2D eigenvalue weighted by Crippen LogP contribution is 2.18. The molecule has 0 radical (unpaired) electrons. The number of methoxy groups -OCH3 is 1. The number of amides is 2. The molecule has 0 saturated carbocycles. The Morgan fingerprint density at radius 2 is 1.75 bits per heavy atom. The van der Waals surface area contributed by atoms with Crippen LogP contribution in [0.25, 0.3) is 0 Å². The van der Waals surface area contributed by atoms with Crippen LogP contribution in [0.3, 0.4) is 0 Å². The van der Waals surface area contributed by atoms with Crippen LogP contribution in [-0.4, -0.2) is 25.0 Å². The minimum atomic E-state index is -0.492. The Balaban J connectivity index is 1.90. The number of hydrogen-bond donors (Lipinski definition) is 2. The van der Waals surface area contributed by atoms with E-state index in [0.29, 0.717) is 11.3 Å². The molecule has 5 nitrogen and oxygen atoms in total. The zero-order valence-corrected chi connectivity index (χ0v) is 17.3. The minimum Gasteiger partial charge on any atom is -0.497 e. The number of nitrogens with one attached hydrogen (secondary N) is 2. The van der Waals surface area contributed by atoms with E-state index in [1.165, 1.54) is 5.56 Å². The summed E-state index contributed by atoms with van der Waals surface area (Å²) >= 11 is 0.